The van der Waals surface area contributed by atoms with Gasteiger partial charge in [0.15, 0.2) is 18.0 Å². The van der Waals surface area contributed by atoms with Gasteiger partial charge in [-0.2, -0.15) is 0 Å². The number of nitrogens with zero attached hydrogens (tertiary/aromatic N) is 1. The molecule has 2 rings (SSSR count). The second-order valence-corrected chi connectivity index (χ2v) is 9.98. The van der Waals surface area contributed by atoms with Crippen LogP contribution in [0, 0.1) is 5.41 Å². The van der Waals surface area contributed by atoms with Crippen LogP contribution >= 0.6 is 0 Å². The molecule has 0 aliphatic carbocycles. The zero-order valence-electron chi connectivity index (χ0n) is 18.8. The third-order valence-electron chi connectivity index (χ3n) is 4.68. The molecule has 2 aliphatic heterocycles. The van der Waals surface area contributed by atoms with E-state index in [0.717, 1.165) is 4.90 Å². The average Bonchev–Trinajstić information content (AvgIpc) is 2.96. The second-order valence-electron chi connectivity index (χ2n) is 9.98. The standard InChI is InChI=1S/C20H32FNO8/c1-17(2,3)15(24)26-10-20-14(28-19(7,8)30-20)13(27-11-23)12(9-21)22(20)16(25)29-18(4,5)6/h11-14H,9-10H2,1-8H3/t12-,13+,14-,20-/m0/s1. The van der Waals surface area contributed by atoms with Gasteiger partial charge in [-0.3, -0.25) is 14.5 Å². The zero-order valence-corrected chi connectivity index (χ0v) is 18.8. The summed E-state index contributed by atoms with van der Waals surface area (Å²) in [6.07, 6.45) is -3.19. The first-order valence-corrected chi connectivity index (χ1v) is 9.80. The smallest absolute Gasteiger partial charge is 0.413 e. The zero-order chi connectivity index (χ0) is 23.1. The number of likely N-dealkylation sites (tertiary alicyclic amines) is 1. The third-order valence-corrected chi connectivity index (χ3v) is 4.68. The van der Waals surface area contributed by atoms with Crippen LogP contribution in [0.3, 0.4) is 0 Å². The maximum atomic E-state index is 14.1. The minimum atomic E-state index is -1.74. The van der Waals surface area contributed by atoms with E-state index in [1.807, 2.05) is 0 Å². The average molecular weight is 433 g/mol. The molecule has 0 aromatic carbocycles. The Morgan fingerprint density at radius 3 is 2.23 bits per heavy atom. The van der Waals surface area contributed by atoms with Crippen LogP contribution < -0.4 is 0 Å². The van der Waals surface area contributed by atoms with Crippen LogP contribution in [-0.4, -0.2) is 72.1 Å². The lowest BCUT2D eigenvalue weighted by atomic mass is 9.97. The molecule has 4 atom stereocenters. The van der Waals surface area contributed by atoms with E-state index >= 15 is 0 Å². The number of alkyl halides is 1. The lowest BCUT2D eigenvalue weighted by Crippen LogP contribution is -2.59. The molecule has 172 valence electrons. The van der Waals surface area contributed by atoms with Crippen LogP contribution in [-0.2, 0) is 33.3 Å². The third kappa shape index (κ3) is 4.69. The van der Waals surface area contributed by atoms with E-state index in [1.54, 1.807) is 55.4 Å². The molecule has 0 saturated carbocycles. The molecule has 0 aromatic heterocycles. The normalized spacial score (nSPS) is 30.6. The van der Waals surface area contributed by atoms with Crippen LogP contribution in [0.5, 0.6) is 0 Å². The highest BCUT2D eigenvalue weighted by molar-refractivity contribution is 5.75. The minimum Gasteiger partial charge on any atom is -0.460 e. The van der Waals surface area contributed by atoms with Crippen molar-refractivity contribution >= 4 is 18.5 Å². The number of carbonyl (C=O) groups excluding carboxylic acids is 3. The molecule has 9 nitrogen and oxygen atoms in total. The molecule has 1 amide bonds. The van der Waals surface area contributed by atoms with E-state index < -0.39 is 66.1 Å². The monoisotopic (exact) mass is 433 g/mol. The number of hydrogen-bond acceptors (Lipinski definition) is 8. The summed E-state index contributed by atoms with van der Waals surface area (Å²) in [6, 6.07) is -1.25. The first kappa shape index (κ1) is 24.3. The SMILES string of the molecule is CC(C)(C)OC(=O)N1[C@@H](CF)[C@@H](OC=O)[C@@H]2OC(C)(C)O[C@@]21COC(=O)C(C)(C)C. The van der Waals surface area contributed by atoms with E-state index in [-0.39, 0.29) is 6.47 Å². The largest absolute Gasteiger partial charge is 0.460 e. The summed E-state index contributed by atoms with van der Waals surface area (Å²) in [7, 11) is 0. The van der Waals surface area contributed by atoms with Gasteiger partial charge in [-0.1, -0.05) is 0 Å². The predicted molar refractivity (Wildman–Crippen MR) is 102 cm³/mol. The van der Waals surface area contributed by atoms with Gasteiger partial charge in [0.25, 0.3) is 6.47 Å². The molecular formula is C20H32FNO8. The number of carbonyl (C=O) groups is 3. The van der Waals surface area contributed by atoms with Gasteiger partial charge in [0.1, 0.15) is 24.9 Å². The number of halogens is 1. The van der Waals surface area contributed by atoms with Crippen molar-refractivity contribution < 1.29 is 42.5 Å². The molecule has 2 fully saturated rings. The number of ether oxygens (including phenoxy) is 5. The molecule has 0 unspecified atom stereocenters. The Labute approximate surface area is 176 Å². The summed E-state index contributed by atoms with van der Waals surface area (Å²) < 4.78 is 42.1. The van der Waals surface area contributed by atoms with Gasteiger partial charge in [-0.05, 0) is 55.4 Å². The Morgan fingerprint density at radius 2 is 1.77 bits per heavy atom. The summed E-state index contributed by atoms with van der Waals surface area (Å²) in [5, 5.41) is 0. The molecule has 0 aromatic rings. The van der Waals surface area contributed by atoms with Gasteiger partial charge < -0.3 is 23.7 Å². The Hall–Kier alpha value is -1.94. The maximum absolute atomic E-state index is 14.1. The van der Waals surface area contributed by atoms with Crippen molar-refractivity contribution in [2.24, 2.45) is 5.41 Å². The number of amides is 1. The summed E-state index contributed by atoms with van der Waals surface area (Å²) in [6.45, 7) is 11.8. The molecule has 30 heavy (non-hydrogen) atoms. The van der Waals surface area contributed by atoms with Crippen LogP contribution in [0.25, 0.3) is 0 Å². The van der Waals surface area contributed by atoms with Crippen LogP contribution in [0.15, 0.2) is 0 Å². The van der Waals surface area contributed by atoms with E-state index in [0.29, 0.717) is 0 Å². The van der Waals surface area contributed by atoms with Gasteiger partial charge in [-0.15, -0.1) is 0 Å². The molecule has 0 spiro atoms. The first-order valence-electron chi connectivity index (χ1n) is 9.80. The fourth-order valence-electron chi connectivity index (χ4n) is 3.60. The maximum Gasteiger partial charge on any atom is 0.413 e. The Bertz CT molecular complexity index is 683. The Kier molecular flexibility index (Phi) is 6.45. The van der Waals surface area contributed by atoms with Crippen molar-refractivity contribution in [2.75, 3.05) is 13.3 Å². The first-order chi connectivity index (χ1) is 13.6. The predicted octanol–water partition coefficient (Wildman–Crippen LogP) is 2.55. The Balaban J connectivity index is 2.53. The van der Waals surface area contributed by atoms with Gasteiger partial charge in [0.05, 0.1) is 5.41 Å². The van der Waals surface area contributed by atoms with Crippen LogP contribution in [0.4, 0.5) is 9.18 Å². The van der Waals surface area contributed by atoms with Crippen LogP contribution in [0.2, 0.25) is 0 Å². The van der Waals surface area contributed by atoms with Crippen molar-refractivity contribution in [3.05, 3.63) is 0 Å². The van der Waals surface area contributed by atoms with Crippen molar-refractivity contribution in [2.45, 2.75) is 90.8 Å². The minimum absolute atomic E-state index is 0.159. The second kappa shape index (κ2) is 7.96. The number of hydrogen-bond donors (Lipinski definition) is 0. The van der Waals surface area contributed by atoms with E-state index in [1.165, 1.54) is 0 Å². The van der Waals surface area contributed by atoms with Crippen molar-refractivity contribution in [1.29, 1.82) is 0 Å². The molecule has 0 radical (unpaired) electrons. The highest BCUT2D eigenvalue weighted by atomic mass is 19.1. The van der Waals surface area contributed by atoms with E-state index in [9.17, 15) is 18.8 Å². The van der Waals surface area contributed by atoms with E-state index in [2.05, 4.69) is 0 Å². The van der Waals surface area contributed by atoms with E-state index in [4.69, 9.17) is 23.7 Å². The molecule has 2 heterocycles. The Morgan fingerprint density at radius 1 is 1.17 bits per heavy atom. The van der Waals surface area contributed by atoms with Gasteiger partial charge in [0.2, 0.25) is 5.72 Å². The van der Waals surface area contributed by atoms with Gasteiger partial charge >= 0.3 is 12.1 Å². The summed E-state index contributed by atoms with van der Waals surface area (Å²) in [5.41, 5.74) is -3.46. The van der Waals surface area contributed by atoms with Gasteiger partial charge in [-0.25, -0.2) is 9.18 Å². The quantitative estimate of drug-likeness (QED) is 0.370. The number of fused-ring (bicyclic) bond motifs is 1. The highest BCUT2D eigenvalue weighted by Gasteiger charge is 2.71. The lowest BCUT2D eigenvalue weighted by molar-refractivity contribution is -0.223. The summed E-state index contributed by atoms with van der Waals surface area (Å²) in [4.78, 5) is 37.6. The fraction of sp³-hybridized carbons (Fsp3) is 0.850. The summed E-state index contributed by atoms with van der Waals surface area (Å²) in [5.74, 6) is -1.78. The molecule has 10 heteroatoms. The molecule has 0 bridgehead atoms. The number of rotatable bonds is 5. The number of esters is 1. The van der Waals surface area contributed by atoms with Crippen molar-refractivity contribution in [3.8, 4) is 0 Å². The fourth-order valence-corrected chi connectivity index (χ4v) is 3.60. The van der Waals surface area contributed by atoms with Crippen molar-refractivity contribution in [3.63, 3.8) is 0 Å². The van der Waals surface area contributed by atoms with Crippen LogP contribution in [0.1, 0.15) is 55.4 Å². The molecule has 0 N–H and O–H groups in total. The highest BCUT2D eigenvalue weighted by Crippen LogP contribution is 2.49. The molecular weight excluding hydrogens is 401 g/mol. The topological polar surface area (TPSA) is 101 Å². The van der Waals surface area contributed by atoms with Gasteiger partial charge in [0, 0.05) is 0 Å². The molecule has 2 saturated heterocycles. The van der Waals surface area contributed by atoms with Crippen molar-refractivity contribution in [1.82, 2.24) is 4.90 Å². The lowest BCUT2D eigenvalue weighted by Gasteiger charge is -2.39. The summed E-state index contributed by atoms with van der Waals surface area (Å²) >= 11 is 0. The molecule has 2 aliphatic rings.